The number of hydrogen-bond donors (Lipinski definition) is 0. The topological polar surface area (TPSA) is 71.1 Å². The summed E-state index contributed by atoms with van der Waals surface area (Å²) in [5.74, 6) is 1.21. The predicted molar refractivity (Wildman–Crippen MR) is 173 cm³/mol. The Morgan fingerprint density at radius 2 is 0.905 bits per heavy atom. The number of carbonyl (C=O) groups excluding carboxylic acids is 2. The minimum Gasteiger partial charge on any atom is -0.434 e. The molecule has 0 bridgehead atoms. The molecule has 0 radical (unpaired) electrons. The smallest absolute Gasteiger partial charge is 0.434 e. The Balaban J connectivity index is 0.000000423. The zero-order chi connectivity index (χ0) is 31.4. The summed E-state index contributed by atoms with van der Waals surface area (Å²) in [6.07, 6.45) is 19.7. The lowest BCUT2D eigenvalue weighted by molar-refractivity contribution is -0.0548. The maximum absolute atomic E-state index is 12.2. The Kier molecular flexibility index (Phi) is 19.5. The molecule has 0 aromatic carbocycles. The second kappa shape index (κ2) is 21.3. The van der Waals surface area contributed by atoms with Crippen LogP contribution in [0.2, 0.25) is 0 Å². The minimum atomic E-state index is -0.493. The Labute approximate surface area is 259 Å². The molecule has 6 heteroatoms. The lowest BCUT2D eigenvalue weighted by Gasteiger charge is -2.40. The summed E-state index contributed by atoms with van der Waals surface area (Å²) >= 11 is 0. The minimum absolute atomic E-state index is 0.0141. The van der Waals surface area contributed by atoms with Crippen LogP contribution in [0.3, 0.4) is 0 Å². The van der Waals surface area contributed by atoms with Gasteiger partial charge in [-0.3, -0.25) is 0 Å². The fraction of sp³-hybridized carbons (Fsp3) is 0.944. The molecule has 6 nitrogen and oxygen atoms in total. The van der Waals surface area contributed by atoms with Gasteiger partial charge < -0.3 is 18.9 Å². The average molecular weight is 597 g/mol. The van der Waals surface area contributed by atoms with Crippen LogP contribution in [0.25, 0.3) is 0 Å². The van der Waals surface area contributed by atoms with Gasteiger partial charge in [-0.2, -0.15) is 0 Å². The van der Waals surface area contributed by atoms with E-state index in [0.29, 0.717) is 25.0 Å². The fourth-order valence-electron chi connectivity index (χ4n) is 7.11. The Morgan fingerprint density at radius 3 is 1.26 bits per heavy atom. The highest BCUT2D eigenvalue weighted by Gasteiger charge is 2.37. The third kappa shape index (κ3) is 19.7. The summed E-state index contributed by atoms with van der Waals surface area (Å²) in [6, 6.07) is 0. The van der Waals surface area contributed by atoms with Crippen molar-refractivity contribution in [3.8, 4) is 0 Å². The van der Waals surface area contributed by atoms with E-state index in [2.05, 4.69) is 55.4 Å². The second-order valence-corrected chi connectivity index (χ2v) is 15.0. The van der Waals surface area contributed by atoms with Crippen LogP contribution in [0.1, 0.15) is 171 Å². The van der Waals surface area contributed by atoms with Crippen LogP contribution in [0.4, 0.5) is 9.59 Å². The van der Waals surface area contributed by atoms with Crippen LogP contribution in [0.5, 0.6) is 0 Å². The van der Waals surface area contributed by atoms with Gasteiger partial charge in [0.1, 0.15) is 12.2 Å². The van der Waals surface area contributed by atoms with E-state index in [4.69, 9.17) is 18.9 Å². The lowest BCUT2D eigenvalue weighted by atomic mass is 9.71. The van der Waals surface area contributed by atoms with Gasteiger partial charge in [0.2, 0.25) is 0 Å². The van der Waals surface area contributed by atoms with Gasteiger partial charge in [-0.15, -0.1) is 0 Å². The Hall–Kier alpha value is -1.46. The standard InChI is InChI=1S/C19H34O3.C17H34O3/c1-13-7-15(11-18(3,4)9-13)21-17(20)22-16-8-14(2)10-19(5,6)12-16;1-3-5-7-9-11-13-15-19-17(18)20-16-14-12-10-8-6-4-2/h13-16H,7-12H2,1-6H3;3-16H2,1-2H3. The summed E-state index contributed by atoms with van der Waals surface area (Å²) in [5.41, 5.74) is 0.508. The first-order valence-electron chi connectivity index (χ1n) is 17.5. The Bertz CT molecular complexity index is 662. The van der Waals surface area contributed by atoms with Gasteiger partial charge in [-0.05, 0) is 74.0 Å². The summed E-state index contributed by atoms with van der Waals surface area (Å²) in [7, 11) is 0. The number of unbranched alkanes of at least 4 members (excludes halogenated alkanes) is 10. The normalized spacial score (nSPS) is 24.6. The van der Waals surface area contributed by atoms with Gasteiger partial charge in [0.05, 0.1) is 13.2 Å². The fourth-order valence-corrected chi connectivity index (χ4v) is 7.11. The van der Waals surface area contributed by atoms with Crippen molar-refractivity contribution in [3.63, 3.8) is 0 Å². The zero-order valence-corrected chi connectivity index (χ0v) is 28.9. The molecule has 42 heavy (non-hydrogen) atoms. The number of rotatable bonds is 16. The Morgan fingerprint density at radius 1 is 0.548 bits per heavy atom. The molecule has 248 valence electrons. The second-order valence-electron chi connectivity index (χ2n) is 15.0. The predicted octanol–water partition coefficient (Wildman–Crippen LogP) is 11.4. The van der Waals surface area contributed by atoms with E-state index in [1.165, 1.54) is 64.2 Å². The van der Waals surface area contributed by atoms with E-state index < -0.39 is 12.3 Å². The molecule has 0 aromatic rings. The molecule has 0 aliphatic heterocycles. The van der Waals surface area contributed by atoms with E-state index in [1.807, 2.05) is 0 Å². The summed E-state index contributed by atoms with van der Waals surface area (Å²) in [5, 5.41) is 0. The van der Waals surface area contributed by atoms with Crippen molar-refractivity contribution in [3.05, 3.63) is 0 Å². The van der Waals surface area contributed by atoms with E-state index in [-0.39, 0.29) is 23.0 Å². The highest BCUT2D eigenvalue weighted by Crippen LogP contribution is 2.41. The maximum Gasteiger partial charge on any atom is 0.508 e. The molecule has 0 saturated heterocycles. The summed E-state index contributed by atoms with van der Waals surface area (Å²) < 4.78 is 21.3. The number of ether oxygens (including phenoxy) is 4. The molecule has 2 aliphatic carbocycles. The molecule has 4 atom stereocenters. The van der Waals surface area contributed by atoms with Crippen molar-refractivity contribution in [1.82, 2.24) is 0 Å². The molecule has 2 rings (SSSR count). The van der Waals surface area contributed by atoms with E-state index in [9.17, 15) is 9.59 Å². The van der Waals surface area contributed by atoms with Crippen molar-refractivity contribution in [2.24, 2.45) is 22.7 Å². The van der Waals surface area contributed by atoms with Crippen LogP contribution in [0, 0.1) is 22.7 Å². The van der Waals surface area contributed by atoms with Crippen LogP contribution in [-0.2, 0) is 18.9 Å². The molecular formula is C36H68O6. The van der Waals surface area contributed by atoms with Gasteiger partial charge in [0.15, 0.2) is 0 Å². The highest BCUT2D eigenvalue weighted by molar-refractivity contribution is 5.60. The molecule has 2 fully saturated rings. The van der Waals surface area contributed by atoms with Gasteiger partial charge in [0, 0.05) is 0 Å². The van der Waals surface area contributed by atoms with Crippen LogP contribution in [-0.4, -0.2) is 37.7 Å². The van der Waals surface area contributed by atoms with E-state index in [1.54, 1.807) is 0 Å². The molecule has 0 aromatic heterocycles. The molecular weight excluding hydrogens is 528 g/mol. The first-order chi connectivity index (χ1) is 19.9. The van der Waals surface area contributed by atoms with Gasteiger partial charge >= 0.3 is 12.3 Å². The summed E-state index contributed by atoms with van der Waals surface area (Å²) in [4.78, 5) is 23.4. The molecule has 0 amide bonds. The van der Waals surface area contributed by atoms with Crippen molar-refractivity contribution in [1.29, 1.82) is 0 Å². The third-order valence-corrected chi connectivity index (χ3v) is 8.65. The zero-order valence-electron chi connectivity index (χ0n) is 28.9. The molecule has 0 spiro atoms. The molecule has 2 saturated carbocycles. The largest absolute Gasteiger partial charge is 0.508 e. The molecule has 0 heterocycles. The monoisotopic (exact) mass is 597 g/mol. The first kappa shape index (κ1) is 38.6. The van der Waals surface area contributed by atoms with Crippen LogP contribution >= 0.6 is 0 Å². The van der Waals surface area contributed by atoms with Crippen molar-refractivity contribution in [2.45, 2.75) is 183 Å². The first-order valence-corrected chi connectivity index (χ1v) is 17.5. The molecule has 0 N–H and O–H groups in total. The van der Waals surface area contributed by atoms with Gasteiger partial charge in [-0.25, -0.2) is 9.59 Å². The number of hydrogen-bond acceptors (Lipinski definition) is 6. The van der Waals surface area contributed by atoms with Gasteiger partial charge in [-0.1, -0.05) is 120 Å². The quantitative estimate of drug-likeness (QED) is 0.130. The van der Waals surface area contributed by atoms with E-state index >= 15 is 0 Å². The third-order valence-electron chi connectivity index (χ3n) is 8.65. The van der Waals surface area contributed by atoms with Crippen molar-refractivity contribution < 1.29 is 28.5 Å². The number of carbonyl (C=O) groups is 2. The summed E-state index contributed by atoms with van der Waals surface area (Å²) in [6.45, 7) is 19.0. The molecule has 2 aliphatic rings. The van der Waals surface area contributed by atoms with Crippen molar-refractivity contribution in [2.75, 3.05) is 13.2 Å². The van der Waals surface area contributed by atoms with Gasteiger partial charge in [0.25, 0.3) is 0 Å². The van der Waals surface area contributed by atoms with Crippen molar-refractivity contribution >= 4 is 12.3 Å². The van der Waals surface area contributed by atoms with Crippen LogP contribution in [0.15, 0.2) is 0 Å². The average Bonchev–Trinajstić information content (AvgIpc) is 2.85. The maximum atomic E-state index is 12.2. The molecule has 4 unspecified atom stereocenters. The SMILES string of the molecule is CC1CC(OC(=O)OC2CC(C)CC(C)(C)C2)CC(C)(C)C1.CCCCCCCCOC(=O)OCCCCCCCC. The van der Waals surface area contributed by atoms with E-state index in [0.717, 1.165) is 51.4 Å². The lowest BCUT2D eigenvalue weighted by Crippen LogP contribution is -2.37. The van der Waals surface area contributed by atoms with Crippen LogP contribution < -0.4 is 0 Å². The highest BCUT2D eigenvalue weighted by atomic mass is 16.7.